The highest BCUT2D eigenvalue weighted by molar-refractivity contribution is 9.09. The minimum absolute atomic E-state index is 0.0309. The molecule has 0 saturated carbocycles. The maximum absolute atomic E-state index is 9.45. The van der Waals surface area contributed by atoms with Crippen molar-refractivity contribution in [3.8, 4) is 11.5 Å². The fourth-order valence-corrected chi connectivity index (χ4v) is 2.90. The van der Waals surface area contributed by atoms with E-state index >= 15 is 0 Å². The van der Waals surface area contributed by atoms with Gasteiger partial charge < -0.3 is 10.2 Å². The summed E-state index contributed by atoms with van der Waals surface area (Å²) in [5, 5.41) is 20.2. The number of thiophene rings is 1. The molecule has 13 heavy (non-hydrogen) atoms. The van der Waals surface area contributed by atoms with Crippen molar-refractivity contribution in [3.05, 3.63) is 9.06 Å². The van der Waals surface area contributed by atoms with Gasteiger partial charge in [0.2, 0.25) is 0 Å². The molecule has 1 aromatic heterocycles. The van der Waals surface area contributed by atoms with E-state index in [1.807, 2.05) is 12.2 Å². The first-order valence-electron chi connectivity index (χ1n) is 3.53. The Morgan fingerprint density at radius 2 is 1.38 bits per heavy atom. The van der Waals surface area contributed by atoms with Crippen molar-refractivity contribution in [2.24, 2.45) is 0 Å². The summed E-state index contributed by atoms with van der Waals surface area (Å²) in [7, 11) is 0. The molecule has 0 aromatic carbocycles. The summed E-state index contributed by atoms with van der Waals surface area (Å²) in [5.41, 5.74) is 0. The van der Waals surface area contributed by atoms with Crippen molar-refractivity contribution in [2.45, 2.75) is 0 Å². The highest BCUT2D eigenvalue weighted by atomic mass is 79.9. The van der Waals surface area contributed by atoms with Crippen LogP contribution in [0.3, 0.4) is 0 Å². The zero-order valence-electron chi connectivity index (χ0n) is 6.63. The van der Waals surface area contributed by atoms with Gasteiger partial charge in [0.1, 0.15) is 0 Å². The third kappa shape index (κ3) is 2.48. The van der Waals surface area contributed by atoms with Gasteiger partial charge in [-0.15, -0.1) is 11.3 Å². The molecule has 2 N–H and O–H groups in total. The van der Waals surface area contributed by atoms with Gasteiger partial charge in [0.25, 0.3) is 0 Å². The first kappa shape index (κ1) is 11.1. The molecule has 0 fully saturated rings. The van der Waals surface area contributed by atoms with Crippen LogP contribution in [0.5, 0.6) is 11.5 Å². The van der Waals surface area contributed by atoms with Gasteiger partial charge in [-0.1, -0.05) is 44.0 Å². The third-order valence-electron chi connectivity index (χ3n) is 1.44. The van der Waals surface area contributed by atoms with Crippen LogP contribution in [0.25, 0.3) is 12.2 Å². The molecule has 0 aliphatic heterocycles. The molecule has 1 rings (SSSR count). The third-order valence-corrected chi connectivity index (χ3v) is 3.24. The molecule has 0 aliphatic rings. The highest BCUT2D eigenvalue weighted by Gasteiger charge is 2.05. The predicted octanol–water partition coefficient (Wildman–Crippen LogP) is 1.51. The van der Waals surface area contributed by atoms with Gasteiger partial charge in [-0.05, 0) is 0 Å². The zero-order valence-corrected chi connectivity index (χ0v) is 10.6. The Balaban J connectivity index is 3.37. The van der Waals surface area contributed by atoms with E-state index in [0.29, 0.717) is 19.7 Å². The Bertz CT molecular complexity index is 361. The lowest BCUT2D eigenvalue weighted by molar-refractivity contribution is 0.403. The molecule has 0 radical (unpaired) electrons. The number of hydrogen-bond acceptors (Lipinski definition) is 3. The van der Waals surface area contributed by atoms with Crippen LogP contribution in [-0.4, -0.2) is 20.9 Å². The molecule has 72 valence electrons. The fraction of sp³-hybridized carbons (Fsp3) is 0.250. The van der Waals surface area contributed by atoms with Crippen LogP contribution in [0.4, 0.5) is 0 Å². The minimum Gasteiger partial charge on any atom is -0.503 e. The first-order chi connectivity index (χ1) is 6.20. The number of alkyl halides is 2. The van der Waals surface area contributed by atoms with Crippen molar-refractivity contribution < 1.29 is 10.2 Å². The largest absolute Gasteiger partial charge is 0.503 e. The Labute approximate surface area is 96.5 Å². The summed E-state index contributed by atoms with van der Waals surface area (Å²) >= 11 is 7.83. The van der Waals surface area contributed by atoms with E-state index in [0.717, 1.165) is 0 Å². The Morgan fingerprint density at radius 3 is 1.69 bits per heavy atom. The molecular weight excluding hydrogens is 320 g/mol. The zero-order chi connectivity index (χ0) is 9.84. The standard InChI is InChI=1S/C8H8Br2O2S/c9-3-1-5-7(11)8(12)6(13-5)2-4-10/h1-2,11-12H,3-4H2. The monoisotopic (exact) mass is 326 g/mol. The van der Waals surface area contributed by atoms with E-state index < -0.39 is 0 Å². The molecule has 5 heteroatoms. The molecule has 0 spiro atoms. The Hall–Kier alpha value is -0.000000000000000111. The van der Waals surface area contributed by atoms with E-state index in [-0.39, 0.29) is 11.5 Å². The lowest BCUT2D eigenvalue weighted by atomic mass is 10.4. The molecule has 0 aliphatic carbocycles. The van der Waals surface area contributed by atoms with Crippen LogP contribution in [0.1, 0.15) is 0 Å². The van der Waals surface area contributed by atoms with Gasteiger partial charge in [0, 0.05) is 10.7 Å². The highest BCUT2D eigenvalue weighted by Crippen LogP contribution is 2.16. The second kappa shape index (κ2) is 5.02. The summed E-state index contributed by atoms with van der Waals surface area (Å²) in [6.45, 7) is 0. The number of rotatable bonds is 2. The van der Waals surface area contributed by atoms with Gasteiger partial charge in [-0.3, -0.25) is 0 Å². The van der Waals surface area contributed by atoms with Gasteiger partial charge in [0.05, 0.1) is 9.06 Å². The normalized spacial score (nSPS) is 14.0. The molecule has 1 aromatic rings. The van der Waals surface area contributed by atoms with Crippen LogP contribution in [-0.2, 0) is 0 Å². The molecule has 0 unspecified atom stereocenters. The van der Waals surface area contributed by atoms with Crippen LogP contribution >= 0.6 is 43.2 Å². The van der Waals surface area contributed by atoms with Gasteiger partial charge in [-0.25, -0.2) is 0 Å². The summed E-state index contributed by atoms with van der Waals surface area (Å²) in [6, 6.07) is 0. The Kier molecular flexibility index (Phi) is 4.28. The van der Waals surface area contributed by atoms with Crippen molar-refractivity contribution in [2.75, 3.05) is 10.7 Å². The predicted molar refractivity (Wildman–Crippen MR) is 63.4 cm³/mol. The average molecular weight is 328 g/mol. The summed E-state index contributed by atoms with van der Waals surface area (Å²) in [5.74, 6) is -0.0618. The van der Waals surface area contributed by atoms with Crippen LogP contribution in [0.15, 0.2) is 0 Å². The van der Waals surface area contributed by atoms with Crippen LogP contribution in [0, 0.1) is 0 Å². The van der Waals surface area contributed by atoms with Crippen molar-refractivity contribution in [1.82, 2.24) is 0 Å². The maximum Gasteiger partial charge on any atom is 0.176 e. The number of hydrogen-bond donors (Lipinski definition) is 2. The number of aromatic hydroxyl groups is 2. The van der Waals surface area contributed by atoms with Crippen molar-refractivity contribution in [1.29, 1.82) is 0 Å². The molecule has 2 nitrogen and oxygen atoms in total. The molecule has 0 bridgehead atoms. The van der Waals surface area contributed by atoms with E-state index in [1.54, 1.807) is 0 Å². The van der Waals surface area contributed by atoms with Crippen LogP contribution in [0.2, 0.25) is 0 Å². The quantitative estimate of drug-likeness (QED) is 0.808. The van der Waals surface area contributed by atoms with Gasteiger partial charge in [0.15, 0.2) is 11.5 Å². The second-order valence-electron chi connectivity index (χ2n) is 2.24. The smallest absolute Gasteiger partial charge is 0.176 e. The maximum atomic E-state index is 9.45. The molecule has 1 heterocycles. The fourth-order valence-electron chi connectivity index (χ4n) is 0.865. The SMILES string of the molecule is Oc1c(O)c(=CCBr)sc1=CCBr. The van der Waals surface area contributed by atoms with E-state index in [2.05, 4.69) is 31.9 Å². The molecule has 0 saturated heterocycles. The van der Waals surface area contributed by atoms with Crippen LogP contribution < -0.4 is 9.06 Å². The molecule has 0 amide bonds. The molecule has 0 atom stereocenters. The van der Waals surface area contributed by atoms with E-state index in [9.17, 15) is 10.2 Å². The average Bonchev–Trinajstić information content (AvgIpc) is 2.36. The first-order valence-corrected chi connectivity index (χ1v) is 6.59. The lowest BCUT2D eigenvalue weighted by Crippen LogP contribution is -1.93. The summed E-state index contributed by atoms with van der Waals surface area (Å²) in [4.78, 5) is 0. The second-order valence-corrected chi connectivity index (χ2v) is 4.62. The summed E-state index contributed by atoms with van der Waals surface area (Å²) in [6.07, 6.45) is 3.62. The van der Waals surface area contributed by atoms with Crippen molar-refractivity contribution in [3.63, 3.8) is 0 Å². The van der Waals surface area contributed by atoms with Crippen molar-refractivity contribution >= 4 is 55.3 Å². The Morgan fingerprint density at radius 1 is 1.00 bits per heavy atom. The summed E-state index contributed by atoms with van der Waals surface area (Å²) < 4.78 is 1.39. The van der Waals surface area contributed by atoms with Gasteiger partial charge in [-0.2, -0.15) is 0 Å². The minimum atomic E-state index is -0.0309. The van der Waals surface area contributed by atoms with Gasteiger partial charge >= 0.3 is 0 Å². The topological polar surface area (TPSA) is 40.5 Å². The number of halogens is 2. The lowest BCUT2D eigenvalue weighted by Gasteiger charge is -1.85. The molecular formula is C8H8Br2O2S. The van der Waals surface area contributed by atoms with E-state index in [1.165, 1.54) is 11.3 Å². The van der Waals surface area contributed by atoms with E-state index in [4.69, 9.17) is 0 Å².